The Labute approximate surface area is 106 Å². The highest BCUT2D eigenvalue weighted by atomic mass is 35.5. The highest BCUT2D eigenvalue weighted by Crippen LogP contribution is 2.28. The van der Waals surface area contributed by atoms with Crippen molar-refractivity contribution in [1.82, 2.24) is 4.98 Å². The Morgan fingerprint density at radius 1 is 1.56 bits per heavy atom. The predicted octanol–water partition coefficient (Wildman–Crippen LogP) is 3.15. The summed E-state index contributed by atoms with van der Waals surface area (Å²) in [7, 11) is 0. The minimum absolute atomic E-state index is 0.539. The van der Waals surface area contributed by atoms with Crippen LogP contribution in [0.15, 0.2) is 18.3 Å². The van der Waals surface area contributed by atoms with Crippen molar-refractivity contribution in [1.29, 1.82) is 0 Å². The van der Waals surface area contributed by atoms with Crippen molar-refractivity contribution in [3.05, 3.63) is 23.9 Å². The largest absolute Gasteiger partial charge is 0.352 e. The van der Waals surface area contributed by atoms with Crippen LogP contribution < -0.4 is 4.90 Å². The number of thioether (sulfide) groups is 1. The summed E-state index contributed by atoms with van der Waals surface area (Å²) in [5.74, 6) is 2.80. The Balaban J connectivity index is 2.21. The number of nitrogens with zero attached hydrogens (tertiary/aromatic N) is 2. The van der Waals surface area contributed by atoms with Crippen LogP contribution in [-0.2, 0) is 5.88 Å². The van der Waals surface area contributed by atoms with Crippen molar-refractivity contribution in [3.8, 4) is 0 Å². The van der Waals surface area contributed by atoms with Gasteiger partial charge in [0.1, 0.15) is 5.82 Å². The maximum Gasteiger partial charge on any atom is 0.129 e. The number of halogens is 1. The first-order valence-electron chi connectivity index (χ1n) is 5.61. The van der Waals surface area contributed by atoms with Crippen molar-refractivity contribution >= 4 is 29.2 Å². The zero-order valence-corrected chi connectivity index (χ0v) is 11.3. The first kappa shape index (κ1) is 12.1. The van der Waals surface area contributed by atoms with Gasteiger partial charge in [-0.1, -0.05) is 6.92 Å². The second-order valence-electron chi connectivity index (χ2n) is 4.17. The van der Waals surface area contributed by atoms with E-state index < -0.39 is 0 Å². The first-order valence-corrected chi connectivity index (χ1v) is 7.20. The molecule has 0 aliphatic carbocycles. The van der Waals surface area contributed by atoms with Crippen molar-refractivity contribution in [2.45, 2.75) is 31.0 Å². The van der Waals surface area contributed by atoms with Crippen LogP contribution >= 0.6 is 23.4 Å². The zero-order valence-electron chi connectivity index (χ0n) is 9.69. The predicted molar refractivity (Wildman–Crippen MR) is 72.5 cm³/mol. The van der Waals surface area contributed by atoms with Crippen molar-refractivity contribution in [3.63, 3.8) is 0 Å². The molecule has 0 N–H and O–H groups in total. The zero-order chi connectivity index (χ0) is 11.5. The molecule has 2 nitrogen and oxygen atoms in total. The molecule has 1 aromatic heterocycles. The van der Waals surface area contributed by atoms with Gasteiger partial charge in [0, 0.05) is 35.7 Å². The van der Waals surface area contributed by atoms with E-state index in [9.17, 15) is 0 Å². The van der Waals surface area contributed by atoms with E-state index in [4.69, 9.17) is 11.6 Å². The van der Waals surface area contributed by atoms with Crippen molar-refractivity contribution in [2.75, 3.05) is 17.2 Å². The molecule has 1 aliphatic rings. The van der Waals surface area contributed by atoms with Crippen LogP contribution in [0.2, 0.25) is 0 Å². The van der Waals surface area contributed by atoms with E-state index in [1.807, 2.05) is 24.0 Å². The summed E-state index contributed by atoms with van der Waals surface area (Å²) in [6.07, 6.45) is 1.85. The fraction of sp³-hybridized carbons (Fsp3) is 0.583. The molecule has 0 amide bonds. The summed E-state index contributed by atoms with van der Waals surface area (Å²) >= 11 is 7.89. The first-order chi connectivity index (χ1) is 7.72. The van der Waals surface area contributed by atoms with Crippen LogP contribution in [0, 0.1) is 0 Å². The molecule has 1 fully saturated rings. The SMILES string of the molecule is CC1SCCN(c2cc(CCl)ccn2)C1C. The van der Waals surface area contributed by atoms with Gasteiger partial charge in [0.2, 0.25) is 0 Å². The molecule has 1 aromatic rings. The highest BCUT2D eigenvalue weighted by Gasteiger charge is 2.25. The summed E-state index contributed by atoms with van der Waals surface area (Å²) in [5.41, 5.74) is 1.14. The van der Waals surface area contributed by atoms with Gasteiger partial charge >= 0.3 is 0 Å². The van der Waals surface area contributed by atoms with Gasteiger partial charge in [0.05, 0.1) is 0 Å². The Bertz CT molecular complexity index is 359. The highest BCUT2D eigenvalue weighted by molar-refractivity contribution is 8.00. The molecule has 88 valence electrons. The van der Waals surface area contributed by atoms with E-state index in [2.05, 4.69) is 29.8 Å². The number of aromatic nitrogens is 1. The van der Waals surface area contributed by atoms with Gasteiger partial charge < -0.3 is 4.90 Å². The number of alkyl halides is 1. The normalized spacial score (nSPS) is 25.8. The lowest BCUT2D eigenvalue weighted by Crippen LogP contribution is -2.45. The summed E-state index contributed by atoms with van der Waals surface area (Å²) in [5, 5.41) is 0.662. The van der Waals surface area contributed by atoms with Crippen LogP contribution in [0.5, 0.6) is 0 Å². The number of hydrogen-bond donors (Lipinski definition) is 0. The topological polar surface area (TPSA) is 16.1 Å². The monoisotopic (exact) mass is 256 g/mol. The fourth-order valence-corrected chi connectivity index (χ4v) is 3.22. The Morgan fingerprint density at radius 2 is 2.38 bits per heavy atom. The number of anilines is 1. The molecule has 4 heteroatoms. The third kappa shape index (κ3) is 2.46. The Kier molecular flexibility index (Phi) is 3.98. The average molecular weight is 257 g/mol. The molecule has 0 aromatic carbocycles. The van der Waals surface area contributed by atoms with Gasteiger partial charge in [0.25, 0.3) is 0 Å². The fourth-order valence-electron chi connectivity index (χ4n) is 1.96. The molecular weight excluding hydrogens is 240 g/mol. The van der Waals surface area contributed by atoms with Crippen LogP contribution in [0.25, 0.3) is 0 Å². The van der Waals surface area contributed by atoms with Gasteiger partial charge in [-0.3, -0.25) is 0 Å². The molecule has 2 unspecified atom stereocenters. The Morgan fingerprint density at radius 3 is 3.12 bits per heavy atom. The van der Waals surface area contributed by atoms with E-state index in [0.717, 1.165) is 17.9 Å². The maximum atomic E-state index is 5.85. The summed E-state index contributed by atoms with van der Waals surface area (Å²) in [6.45, 7) is 5.63. The number of hydrogen-bond acceptors (Lipinski definition) is 3. The van der Waals surface area contributed by atoms with E-state index >= 15 is 0 Å². The summed E-state index contributed by atoms with van der Waals surface area (Å²) in [4.78, 5) is 6.84. The quantitative estimate of drug-likeness (QED) is 0.757. The third-order valence-corrected chi connectivity index (χ3v) is 4.79. The third-order valence-electron chi connectivity index (χ3n) is 3.14. The minimum Gasteiger partial charge on any atom is -0.352 e. The molecule has 1 aliphatic heterocycles. The van der Waals surface area contributed by atoms with E-state index in [-0.39, 0.29) is 0 Å². The van der Waals surface area contributed by atoms with Crippen molar-refractivity contribution in [2.24, 2.45) is 0 Å². The van der Waals surface area contributed by atoms with Gasteiger partial charge in [-0.25, -0.2) is 4.98 Å². The van der Waals surface area contributed by atoms with Crippen LogP contribution in [-0.4, -0.2) is 28.6 Å². The lowest BCUT2D eigenvalue weighted by Gasteiger charge is -2.38. The van der Waals surface area contributed by atoms with Crippen molar-refractivity contribution < 1.29 is 0 Å². The van der Waals surface area contributed by atoms with Crippen LogP contribution in [0.3, 0.4) is 0 Å². The van der Waals surface area contributed by atoms with E-state index in [1.54, 1.807) is 0 Å². The molecule has 0 saturated carbocycles. The molecule has 16 heavy (non-hydrogen) atoms. The second-order valence-corrected chi connectivity index (χ2v) is 5.92. The minimum atomic E-state index is 0.539. The molecule has 2 rings (SSSR count). The Hall–Kier alpha value is -0.410. The number of pyridine rings is 1. The molecule has 0 radical (unpaired) electrons. The van der Waals surface area contributed by atoms with Gasteiger partial charge in [-0.05, 0) is 24.6 Å². The van der Waals surface area contributed by atoms with E-state index in [1.165, 1.54) is 5.75 Å². The van der Waals surface area contributed by atoms with Crippen LogP contribution in [0.1, 0.15) is 19.4 Å². The standard InChI is InChI=1S/C12H17ClN2S/c1-9-10(2)16-6-5-15(9)12-7-11(8-13)3-4-14-12/h3-4,7,9-10H,5-6,8H2,1-2H3. The maximum absolute atomic E-state index is 5.85. The lowest BCUT2D eigenvalue weighted by atomic mass is 10.2. The number of rotatable bonds is 2. The smallest absolute Gasteiger partial charge is 0.129 e. The molecule has 2 heterocycles. The van der Waals surface area contributed by atoms with Gasteiger partial charge in [0.15, 0.2) is 0 Å². The van der Waals surface area contributed by atoms with Gasteiger partial charge in [-0.2, -0.15) is 11.8 Å². The molecule has 1 saturated heterocycles. The second kappa shape index (κ2) is 5.28. The molecule has 2 atom stereocenters. The van der Waals surface area contributed by atoms with E-state index in [0.29, 0.717) is 17.2 Å². The van der Waals surface area contributed by atoms with Crippen LogP contribution in [0.4, 0.5) is 5.82 Å². The summed E-state index contributed by atoms with van der Waals surface area (Å²) < 4.78 is 0. The lowest BCUT2D eigenvalue weighted by molar-refractivity contribution is 0.620. The van der Waals surface area contributed by atoms with Gasteiger partial charge in [-0.15, -0.1) is 11.6 Å². The average Bonchev–Trinajstić information content (AvgIpc) is 2.33. The molecular formula is C12H17ClN2S. The molecule has 0 bridgehead atoms. The summed E-state index contributed by atoms with van der Waals surface area (Å²) in [6, 6.07) is 4.62. The molecule has 0 spiro atoms.